The van der Waals surface area contributed by atoms with E-state index in [2.05, 4.69) is 28.5 Å². The van der Waals surface area contributed by atoms with Gasteiger partial charge in [0.25, 0.3) is 5.56 Å². The number of hydrogen-bond donors (Lipinski definition) is 0. The van der Waals surface area contributed by atoms with Crippen molar-refractivity contribution in [2.24, 2.45) is 0 Å². The second-order valence-electron chi connectivity index (χ2n) is 9.53. The van der Waals surface area contributed by atoms with Crippen LogP contribution in [0.2, 0.25) is 0 Å². The molecular formula is C32H31N4O4-. The first-order valence-corrected chi connectivity index (χ1v) is 13.6. The summed E-state index contributed by atoms with van der Waals surface area (Å²) in [5.41, 5.74) is 5.08. The second kappa shape index (κ2) is 12.0. The summed E-state index contributed by atoms with van der Waals surface area (Å²) in [7, 11) is 0. The van der Waals surface area contributed by atoms with Crippen molar-refractivity contribution in [2.75, 3.05) is 0 Å². The molecule has 0 aliphatic heterocycles. The van der Waals surface area contributed by atoms with Gasteiger partial charge in [0.15, 0.2) is 11.9 Å². The molecule has 0 atom stereocenters. The molecule has 5 rings (SSSR count). The summed E-state index contributed by atoms with van der Waals surface area (Å²) in [4.78, 5) is 22.6. The quantitative estimate of drug-likeness (QED) is 0.217. The topological polar surface area (TPSA) is 106 Å². The van der Waals surface area contributed by atoms with Gasteiger partial charge in [-0.05, 0) is 53.6 Å². The van der Waals surface area contributed by atoms with Gasteiger partial charge in [-0.1, -0.05) is 81.4 Å². The Morgan fingerprint density at radius 1 is 0.875 bits per heavy atom. The average Bonchev–Trinajstić information content (AvgIpc) is 3.43. The standard InChI is InChI=1S/C32H32N4O4/c1-4-10-28-33-27(6-3)29(39-24-12-9-11-21(5-2)19-24)31(37)36(28)20-22-15-17-23(18-16-22)25-13-7-8-14-26(25)30-34-32(38)40-35-30/h7-9,11-19H,4-6,10,20H2,1-3H3,(H,34,35,38)/p-1. The zero-order valence-electron chi connectivity index (χ0n) is 22.9. The van der Waals surface area contributed by atoms with E-state index in [4.69, 9.17) is 9.72 Å². The maximum Gasteiger partial charge on any atom is 0.297 e. The Hall–Kier alpha value is -4.72. The minimum absolute atomic E-state index is 0.183. The normalized spacial score (nSPS) is 11.1. The van der Waals surface area contributed by atoms with Crippen molar-refractivity contribution >= 4 is 0 Å². The Morgan fingerprint density at radius 2 is 1.65 bits per heavy atom. The summed E-state index contributed by atoms with van der Waals surface area (Å²) >= 11 is 0. The Bertz CT molecular complexity index is 1670. The maximum atomic E-state index is 13.8. The first-order chi connectivity index (χ1) is 19.5. The molecule has 0 amide bonds. The molecule has 40 heavy (non-hydrogen) atoms. The van der Waals surface area contributed by atoms with Crippen molar-refractivity contribution in [3.8, 4) is 40.1 Å². The van der Waals surface area contributed by atoms with Crippen LogP contribution in [0, 0.1) is 0 Å². The van der Waals surface area contributed by atoms with Crippen LogP contribution in [0.3, 0.4) is 0 Å². The van der Waals surface area contributed by atoms with Crippen LogP contribution in [0.1, 0.15) is 49.8 Å². The van der Waals surface area contributed by atoms with Crippen molar-refractivity contribution < 1.29 is 14.4 Å². The van der Waals surface area contributed by atoms with Crippen LogP contribution in [-0.2, 0) is 25.8 Å². The van der Waals surface area contributed by atoms with Crippen LogP contribution in [0.5, 0.6) is 17.6 Å². The molecule has 0 unspecified atom stereocenters. The van der Waals surface area contributed by atoms with Crippen LogP contribution < -0.4 is 15.4 Å². The largest absolute Gasteiger partial charge is 0.528 e. The molecule has 0 saturated carbocycles. The third kappa shape index (κ3) is 5.66. The van der Waals surface area contributed by atoms with Gasteiger partial charge < -0.3 is 14.4 Å². The number of rotatable bonds is 10. The molecule has 0 bridgehead atoms. The van der Waals surface area contributed by atoms with Gasteiger partial charge in [-0.2, -0.15) is 5.16 Å². The second-order valence-corrected chi connectivity index (χ2v) is 9.53. The van der Waals surface area contributed by atoms with Gasteiger partial charge >= 0.3 is 0 Å². The molecule has 0 radical (unpaired) electrons. The van der Waals surface area contributed by atoms with Crippen molar-refractivity contribution in [3.05, 3.63) is 106 Å². The number of nitrogens with zero attached hydrogens (tertiary/aromatic N) is 4. The maximum absolute atomic E-state index is 13.8. The Labute approximate surface area is 232 Å². The average molecular weight is 536 g/mol. The Morgan fingerprint density at radius 3 is 2.33 bits per heavy atom. The SMILES string of the molecule is CCCc1nc(CC)c(Oc2cccc(CC)c2)c(=O)n1Cc1ccc(-c2ccccc2-c2noc([O-])n2)cc1. The first-order valence-electron chi connectivity index (χ1n) is 13.6. The molecule has 5 aromatic rings. The predicted molar refractivity (Wildman–Crippen MR) is 151 cm³/mol. The van der Waals surface area contributed by atoms with E-state index in [1.165, 1.54) is 0 Å². The highest BCUT2D eigenvalue weighted by molar-refractivity contribution is 5.80. The van der Waals surface area contributed by atoms with Crippen LogP contribution >= 0.6 is 0 Å². The van der Waals surface area contributed by atoms with E-state index in [1.807, 2.05) is 79.7 Å². The van der Waals surface area contributed by atoms with E-state index < -0.39 is 6.08 Å². The molecule has 0 aliphatic carbocycles. The number of hydrogen-bond acceptors (Lipinski definition) is 7. The summed E-state index contributed by atoms with van der Waals surface area (Å²) in [5, 5.41) is 15.2. The highest BCUT2D eigenvalue weighted by Gasteiger charge is 2.18. The summed E-state index contributed by atoms with van der Waals surface area (Å²) in [6, 6.07) is 23.3. The zero-order chi connectivity index (χ0) is 28.1. The van der Waals surface area contributed by atoms with E-state index in [9.17, 15) is 9.90 Å². The number of aryl methyl sites for hydroxylation is 3. The lowest BCUT2D eigenvalue weighted by molar-refractivity contribution is -0.303. The van der Waals surface area contributed by atoms with Gasteiger partial charge in [0.1, 0.15) is 11.6 Å². The van der Waals surface area contributed by atoms with Crippen molar-refractivity contribution in [2.45, 2.75) is 53.0 Å². The van der Waals surface area contributed by atoms with Crippen LogP contribution in [0.15, 0.2) is 82.1 Å². The van der Waals surface area contributed by atoms with E-state index in [-0.39, 0.29) is 17.1 Å². The molecular weight excluding hydrogens is 504 g/mol. The Kier molecular flexibility index (Phi) is 8.05. The van der Waals surface area contributed by atoms with E-state index in [0.29, 0.717) is 36.4 Å². The lowest BCUT2D eigenvalue weighted by Gasteiger charge is -2.17. The highest BCUT2D eigenvalue weighted by Crippen LogP contribution is 2.31. The summed E-state index contributed by atoms with van der Waals surface area (Å²) in [5.74, 6) is 1.91. The number of benzene rings is 3. The molecule has 0 spiro atoms. The Balaban J connectivity index is 1.49. The first kappa shape index (κ1) is 26.9. The minimum Gasteiger partial charge on any atom is -0.528 e. The van der Waals surface area contributed by atoms with Gasteiger partial charge in [-0.3, -0.25) is 9.36 Å². The summed E-state index contributed by atoms with van der Waals surface area (Å²) in [6.45, 7) is 6.51. The molecule has 0 N–H and O–H groups in total. The van der Waals surface area contributed by atoms with Crippen molar-refractivity contribution in [3.63, 3.8) is 0 Å². The van der Waals surface area contributed by atoms with Crippen molar-refractivity contribution in [1.29, 1.82) is 0 Å². The molecule has 2 heterocycles. The number of ether oxygens (including phenoxy) is 1. The van der Waals surface area contributed by atoms with Crippen molar-refractivity contribution in [1.82, 2.24) is 19.7 Å². The monoisotopic (exact) mass is 535 g/mol. The molecule has 2 aromatic heterocycles. The van der Waals surface area contributed by atoms with E-state index >= 15 is 0 Å². The molecule has 0 fully saturated rings. The van der Waals surface area contributed by atoms with Crippen LogP contribution in [-0.4, -0.2) is 19.7 Å². The van der Waals surface area contributed by atoms with Crippen LogP contribution in [0.4, 0.5) is 0 Å². The van der Waals surface area contributed by atoms with Gasteiger partial charge in [0, 0.05) is 12.0 Å². The highest BCUT2D eigenvalue weighted by atomic mass is 16.6. The van der Waals surface area contributed by atoms with Gasteiger partial charge in [0.2, 0.25) is 5.75 Å². The predicted octanol–water partition coefficient (Wildman–Crippen LogP) is 5.95. The fraction of sp³-hybridized carbons (Fsp3) is 0.250. The van der Waals surface area contributed by atoms with Gasteiger partial charge in [-0.15, -0.1) is 0 Å². The minimum atomic E-state index is -0.724. The third-order valence-electron chi connectivity index (χ3n) is 6.79. The zero-order valence-corrected chi connectivity index (χ0v) is 22.9. The van der Waals surface area contributed by atoms with Crippen LogP contribution in [0.25, 0.3) is 22.5 Å². The molecule has 3 aromatic carbocycles. The third-order valence-corrected chi connectivity index (χ3v) is 6.79. The molecule has 8 nitrogen and oxygen atoms in total. The number of aromatic nitrogens is 4. The summed E-state index contributed by atoms with van der Waals surface area (Å²) in [6.07, 6.45) is 2.30. The molecule has 0 saturated heterocycles. The fourth-order valence-corrected chi connectivity index (χ4v) is 4.72. The van der Waals surface area contributed by atoms with E-state index in [0.717, 1.165) is 40.9 Å². The molecule has 0 aliphatic rings. The van der Waals surface area contributed by atoms with E-state index in [1.54, 1.807) is 4.57 Å². The fourth-order valence-electron chi connectivity index (χ4n) is 4.72. The molecule has 8 heteroatoms. The summed E-state index contributed by atoms with van der Waals surface area (Å²) < 4.78 is 12.6. The lowest BCUT2D eigenvalue weighted by Crippen LogP contribution is -2.28. The van der Waals surface area contributed by atoms with Gasteiger partial charge in [0.05, 0.1) is 12.2 Å². The smallest absolute Gasteiger partial charge is 0.297 e. The molecule has 204 valence electrons. The lowest BCUT2D eigenvalue weighted by atomic mass is 9.98. The van der Waals surface area contributed by atoms with Gasteiger partial charge in [-0.25, -0.2) is 9.97 Å².